The normalized spacial score (nSPS) is 16.1. The molecule has 142 valence electrons. The Kier molecular flexibility index (Phi) is 4.75. The molecule has 4 rings (SSSR count). The molecule has 3 aromatic rings. The van der Waals surface area contributed by atoms with Crippen molar-refractivity contribution in [2.45, 2.75) is 6.10 Å². The lowest BCUT2D eigenvalue weighted by atomic mass is 10.1. The van der Waals surface area contributed by atoms with Crippen molar-refractivity contribution in [2.75, 3.05) is 18.5 Å². The number of para-hydroxylation sites is 2. The third-order valence-electron chi connectivity index (χ3n) is 4.48. The first kappa shape index (κ1) is 18.1. The summed E-state index contributed by atoms with van der Waals surface area (Å²) < 4.78 is 7.53. The van der Waals surface area contributed by atoms with Gasteiger partial charge in [0.2, 0.25) is 0 Å². The number of likely N-dealkylation sites (N-methyl/N-ethyl adjacent to an activating group) is 1. The standard InChI is InChI=1S/C20H17ClN4O3/c1-22-20(27)16-12-25(13-6-2-3-7-15(13)28-16)18(26)10-9-14-19(21)23-17-8-4-5-11-24(14)17/h2-11,16H,12H2,1H3,(H,22,27)/b10-9+/t16-/m1/s1. The highest BCUT2D eigenvalue weighted by molar-refractivity contribution is 6.31. The van der Waals surface area contributed by atoms with Crippen molar-refractivity contribution in [3.05, 3.63) is 65.6 Å². The Bertz CT molecular complexity index is 1090. The summed E-state index contributed by atoms with van der Waals surface area (Å²) in [4.78, 5) is 30.8. The highest BCUT2D eigenvalue weighted by Gasteiger charge is 2.32. The molecule has 0 fully saturated rings. The summed E-state index contributed by atoms with van der Waals surface area (Å²) in [5.74, 6) is -0.0929. The van der Waals surface area contributed by atoms with E-state index in [-0.39, 0.29) is 18.4 Å². The number of fused-ring (bicyclic) bond motifs is 2. The Morgan fingerprint density at radius 2 is 2.04 bits per heavy atom. The fourth-order valence-corrected chi connectivity index (χ4v) is 3.36. The lowest BCUT2D eigenvalue weighted by Crippen LogP contribution is -2.49. The van der Waals surface area contributed by atoms with E-state index in [0.29, 0.717) is 27.9 Å². The number of rotatable bonds is 3. The van der Waals surface area contributed by atoms with Crippen molar-refractivity contribution >= 4 is 40.8 Å². The molecular weight excluding hydrogens is 380 g/mol. The van der Waals surface area contributed by atoms with Crippen LogP contribution in [0, 0.1) is 0 Å². The van der Waals surface area contributed by atoms with E-state index in [0.717, 1.165) is 0 Å². The number of halogens is 1. The number of nitrogens with one attached hydrogen (secondary N) is 1. The Labute approximate surface area is 166 Å². The first-order valence-corrected chi connectivity index (χ1v) is 9.05. The number of carbonyl (C=O) groups is 2. The monoisotopic (exact) mass is 396 g/mol. The van der Waals surface area contributed by atoms with Gasteiger partial charge in [0, 0.05) is 19.3 Å². The van der Waals surface area contributed by atoms with Gasteiger partial charge in [-0.3, -0.25) is 14.0 Å². The molecule has 1 atom stereocenters. The predicted molar refractivity (Wildman–Crippen MR) is 107 cm³/mol. The maximum absolute atomic E-state index is 12.9. The van der Waals surface area contributed by atoms with Crippen LogP contribution >= 0.6 is 11.6 Å². The van der Waals surface area contributed by atoms with Crippen LogP contribution in [0.3, 0.4) is 0 Å². The molecule has 1 aliphatic heterocycles. The predicted octanol–water partition coefficient (Wildman–Crippen LogP) is 2.54. The molecule has 0 saturated carbocycles. The van der Waals surface area contributed by atoms with Crippen molar-refractivity contribution in [1.29, 1.82) is 0 Å². The van der Waals surface area contributed by atoms with Gasteiger partial charge in [0.1, 0.15) is 11.4 Å². The number of anilines is 1. The van der Waals surface area contributed by atoms with Gasteiger partial charge in [-0.1, -0.05) is 29.8 Å². The fourth-order valence-electron chi connectivity index (χ4n) is 3.12. The maximum atomic E-state index is 12.9. The molecule has 1 N–H and O–H groups in total. The van der Waals surface area contributed by atoms with Crippen molar-refractivity contribution in [2.24, 2.45) is 0 Å². The van der Waals surface area contributed by atoms with Gasteiger partial charge in [0.25, 0.3) is 11.8 Å². The molecular formula is C20H17ClN4O3. The molecule has 1 aliphatic rings. The van der Waals surface area contributed by atoms with Gasteiger partial charge in [0.15, 0.2) is 11.3 Å². The molecule has 0 aliphatic carbocycles. The Hall–Kier alpha value is -3.32. The average Bonchev–Trinajstić information content (AvgIpc) is 3.05. The number of hydrogen-bond donors (Lipinski definition) is 1. The zero-order chi connectivity index (χ0) is 19.7. The van der Waals surface area contributed by atoms with E-state index in [1.807, 2.05) is 30.5 Å². The highest BCUT2D eigenvalue weighted by atomic mass is 35.5. The van der Waals surface area contributed by atoms with Crippen molar-refractivity contribution in [3.63, 3.8) is 0 Å². The Morgan fingerprint density at radius 1 is 1.25 bits per heavy atom. The molecule has 8 heteroatoms. The van der Waals surface area contributed by atoms with Crippen molar-refractivity contribution < 1.29 is 14.3 Å². The second-order valence-electron chi connectivity index (χ2n) is 6.19. The second kappa shape index (κ2) is 7.36. The molecule has 7 nitrogen and oxygen atoms in total. The summed E-state index contributed by atoms with van der Waals surface area (Å²) in [7, 11) is 1.53. The molecule has 0 saturated heterocycles. The summed E-state index contributed by atoms with van der Waals surface area (Å²) >= 11 is 6.22. The summed E-state index contributed by atoms with van der Waals surface area (Å²) in [6, 6.07) is 12.7. The SMILES string of the molecule is CNC(=O)[C@H]1CN(C(=O)/C=C/c2c(Cl)nc3ccccn23)c2ccccc2O1. The van der Waals surface area contributed by atoms with Gasteiger partial charge >= 0.3 is 0 Å². The zero-order valence-corrected chi connectivity index (χ0v) is 15.8. The maximum Gasteiger partial charge on any atom is 0.262 e. The van der Waals surface area contributed by atoms with E-state index in [2.05, 4.69) is 10.3 Å². The molecule has 0 radical (unpaired) electrons. The van der Waals surface area contributed by atoms with Crippen LogP contribution in [0.1, 0.15) is 5.69 Å². The van der Waals surface area contributed by atoms with Gasteiger partial charge in [-0.2, -0.15) is 0 Å². The Balaban J connectivity index is 1.66. The number of pyridine rings is 1. The molecule has 0 spiro atoms. The molecule has 0 unspecified atom stereocenters. The number of nitrogens with zero attached hydrogens (tertiary/aromatic N) is 3. The van der Waals surface area contributed by atoms with E-state index in [1.165, 1.54) is 18.0 Å². The topological polar surface area (TPSA) is 75.9 Å². The third-order valence-corrected chi connectivity index (χ3v) is 4.76. The number of imidazole rings is 1. The van der Waals surface area contributed by atoms with Crippen molar-refractivity contribution in [1.82, 2.24) is 14.7 Å². The van der Waals surface area contributed by atoms with Crippen LogP contribution in [0.5, 0.6) is 5.75 Å². The largest absolute Gasteiger partial charge is 0.477 e. The average molecular weight is 397 g/mol. The number of hydrogen-bond acceptors (Lipinski definition) is 4. The second-order valence-corrected chi connectivity index (χ2v) is 6.55. The number of aromatic nitrogens is 2. The quantitative estimate of drug-likeness (QED) is 0.690. The first-order valence-electron chi connectivity index (χ1n) is 8.68. The third kappa shape index (κ3) is 3.20. The summed E-state index contributed by atoms with van der Waals surface area (Å²) in [5.41, 5.74) is 1.91. The van der Waals surface area contributed by atoms with Crippen LogP contribution in [0.4, 0.5) is 5.69 Å². The van der Waals surface area contributed by atoms with E-state index >= 15 is 0 Å². The molecule has 0 bridgehead atoms. The zero-order valence-electron chi connectivity index (χ0n) is 15.0. The number of ether oxygens (including phenoxy) is 1. The number of benzene rings is 1. The van der Waals surface area contributed by atoms with Gasteiger partial charge in [-0.05, 0) is 30.3 Å². The van der Waals surface area contributed by atoms with Crippen LogP contribution in [0.15, 0.2) is 54.7 Å². The molecule has 28 heavy (non-hydrogen) atoms. The number of carbonyl (C=O) groups excluding carboxylic acids is 2. The highest BCUT2D eigenvalue weighted by Crippen LogP contribution is 2.33. The van der Waals surface area contributed by atoms with E-state index in [1.54, 1.807) is 28.7 Å². The lowest BCUT2D eigenvalue weighted by Gasteiger charge is -2.33. The first-order chi connectivity index (χ1) is 13.6. The van der Waals surface area contributed by atoms with E-state index < -0.39 is 6.10 Å². The summed E-state index contributed by atoms with van der Waals surface area (Å²) in [6.07, 6.45) is 4.09. The minimum Gasteiger partial charge on any atom is -0.477 e. The summed E-state index contributed by atoms with van der Waals surface area (Å²) in [6.45, 7) is 0.112. The van der Waals surface area contributed by atoms with Crippen LogP contribution in [-0.4, -0.2) is 40.9 Å². The fraction of sp³-hybridized carbons (Fsp3) is 0.150. The molecule has 3 heterocycles. The van der Waals surface area contributed by atoms with E-state index in [9.17, 15) is 9.59 Å². The van der Waals surface area contributed by atoms with Crippen LogP contribution < -0.4 is 15.0 Å². The van der Waals surface area contributed by atoms with Gasteiger partial charge < -0.3 is 15.0 Å². The molecule has 2 aromatic heterocycles. The van der Waals surface area contributed by atoms with Gasteiger partial charge in [-0.15, -0.1) is 0 Å². The lowest BCUT2D eigenvalue weighted by molar-refractivity contribution is -0.127. The molecule has 1 aromatic carbocycles. The van der Waals surface area contributed by atoms with Gasteiger partial charge in [0.05, 0.1) is 17.9 Å². The van der Waals surface area contributed by atoms with Gasteiger partial charge in [-0.25, -0.2) is 4.98 Å². The minimum absolute atomic E-state index is 0.112. The van der Waals surface area contributed by atoms with E-state index in [4.69, 9.17) is 16.3 Å². The van der Waals surface area contributed by atoms with Crippen LogP contribution in [-0.2, 0) is 9.59 Å². The summed E-state index contributed by atoms with van der Waals surface area (Å²) in [5, 5.41) is 2.86. The van der Waals surface area contributed by atoms with Crippen molar-refractivity contribution in [3.8, 4) is 5.75 Å². The smallest absolute Gasteiger partial charge is 0.262 e. The Morgan fingerprint density at radius 3 is 2.86 bits per heavy atom. The number of amides is 2. The van der Waals surface area contributed by atoms with Crippen LogP contribution in [0.25, 0.3) is 11.7 Å². The van der Waals surface area contributed by atoms with Crippen LogP contribution in [0.2, 0.25) is 5.15 Å². The minimum atomic E-state index is -0.781. The molecule has 2 amide bonds.